The molecule has 220 valence electrons. The summed E-state index contributed by atoms with van der Waals surface area (Å²) in [7, 11) is 4.19. The monoisotopic (exact) mass is 552 g/mol. The van der Waals surface area contributed by atoms with E-state index in [4.69, 9.17) is 5.73 Å². The van der Waals surface area contributed by atoms with E-state index in [0.717, 1.165) is 42.9 Å². The van der Waals surface area contributed by atoms with Gasteiger partial charge in [-0.25, -0.2) is 4.99 Å². The number of nitrogens with one attached hydrogen (secondary N) is 1. The van der Waals surface area contributed by atoms with Crippen LogP contribution in [0.2, 0.25) is 0 Å². The summed E-state index contributed by atoms with van der Waals surface area (Å²) in [5.41, 5.74) is 14.2. The van der Waals surface area contributed by atoms with Crippen molar-refractivity contribution >= 4 is 5.71 Å². The molecule has 0 unspecified atom stereocenters. The largest absolute Gasteiger partial charge is 0.383 e. The third-order valence-corrected chi connectivity index (χ3v) is 6.45. The Morgan fingerprint density at radius 2 is 1.49 bits per heavy atom. The fraction of sp³-hybridized carbons (Fsp3) is 0.324. The van der Waals surface area contributed by atoms with Crippen LogP contribution < -0.4 is 11.1 Å². The van der Waals surface area contributed by atoms with Gasteiger partial charge in [-0.15, -0.1) is 6.58 Å². The lowest BCUT2D eigenvalue weighted by Crippen LogP contribution is -2.22. The number of nitrogens with zero attached hydrogens (tertiary/aromatic N) is 2. The molecule has 0 spiro atoms. The van der Waals surface area contributed by atoms with Crippen LogP contribution in [0.1, 0.15) is 61.4 Å². The molecule has 0 bridgehead atoms. The lowest BCUT2D eigenvalue weighted by Gasteiger charge is -2.16. The summed E-state index contributed by atoms with van der Waals surface area (Å²) in [5.74, 6) is 0.505. The second-order valence-electron chi connectivity index (χ2n) is 9.81. The zero-order valence-corrected chi connectivity index (χ0v) is 26.3. The summed E-state index contributed by atoms with van der Waals surface area (Å²) >= 11 is 0. The summed E-state index contributed by atoms with van der Waals surface area (Å²) in [6, 6.07) is 27.8. The first kappa shape index (κ1) is 35.3. The molecule has 0 aliphatic heterocycles. The summed E-state index contributed by atoms with van der Waals surface area (Å²) in [4.78, 5) is 6.88. The summed E-state index contributed by atoms with van der Waals surface area (Å²) in [6.45, 7) is 18.7. The summed E-state index contributed by atoms with van der Waals surface area (Å²) in [6.07, 6.45) is 6.44. The third kappa shape index (κ3) is 13.9. The van der Waals surface area contributed by atoms with Crippen molar-refractivity contribution in [1.29, 1.82) is 0 Å². The molecule has 3 rings (SSSR count). The highest BCUT2D eigenvalue weighted by Gasteiger charge is 2.06. The number of rotatable bonds is 13. The lowest BCUT2D eigenvalue weighted by molar-refractivity contribution is 0.321. The number of hydrogen-bond acceptors (Lipinski definition) is 4. The van der Waals surface area contributed by atoms with Crippen LogP contribution in [0.5, 0.6) is 0 Å². The molecule has 0 heterocycles. The molecule has 3 aromatic rings. The van der Waals surface area contributed by atoms with Crippen LogP contribution in [0, 0.1) is 6.92 Å². The molecule has 0 amide bonds. The third-order valence-electron chi connectivity index (χ3n) is 6.45. The Morgan fingerprint density at radius 1 is 0.902 bits per heavy atom. The highest BCUT2D eigenvalue weighted by Crippen LogP contribution is 2.14. The van der Waals surface area contributed by atoms with Crippen molar-refractivity contribution in [3.8, 4) is 0 Å². The number of hydrogen-bond donors (Lipinski definition) is 2. The zero-order chi connectivity index (χ0) is 30.5. The van der Waals surface area contributed by atoms with Crippen LogP contribution in [-0.2, 0) is 13.0 Å². The molecule has 0 saturated carbocycles. The van der Waals surface area contributed by atoms with Crippen LogP contribution in [0.25, 0.3) is 0 Å². The first-order chi connectivity index (χ1) is 19.9. The van der Waals surface area contributed by atoms with Gasteiger partial charge >= 0.3 is 0 Å². The maximum absolute atomic E-state index is 5.93. The molecule has 3 aromatic carbocycles. The SMILES string of the molecule is C=CC/C(=N\C(N)=C(/C)C=C)c1ccccc1C.CC.CNCCCN(C)Cc1ccc(Cc2ccccc2)cc1. The lowest BCUT2D eigenvalue weighted by atomic mass is 10.0. The van der Waals surface area contributed by atoms with Crippen molar-refractivity contribution < 1.29 is 0 Å². The molecule has 0 fully saturated rings. The average molecular weight is 553 g/mol. The summed E-state index contributed by atoms with van der Waals surface area (Å²) < 4.78 is 0. The van der Waals surface area contributed by atoms with E-state index in [0.29, 0.717) is 12.2 Å². The minimum atomic E-state index is 0.505. The first-order valence-electron chi connectivity index (χ1n) is 14.7. The Labute approximate surface area is 250 Å². The van der Waals surface area contributed by atoms with E-state index >= 15 is 0 Å². The van der Waals surface area contributed by atoms with Crippen molar-refractivity contribution in [1.82, 2.24) is 10.2 Å². The van der Waals surface area contributed by atoms with Gasteiger partial charge in [0, 0.05) is 13.0 Å². The van der Waals surface area contributed by atoms with Crippen LogP contribution >= 0.6 is 0 Å². The zero-order valence-electron chi connectivity index (χ0n) is 26.3. The van der Waals surface area contributed by atoms with Gasteiger partial charge in [0.2, 0.25) is 0 Å². The van der Waals surface area contributed by atoms with Gasteiger partial charge in [0.05, 0.1) is 5.71 Å². The number of aliphatic imine (C=N–C) groups is 1. The number of benzene rings is 3. The van der Waals surface area contributed by atoms with Gasteiger partial charge in [-0.1, -0.05) is 111 Å². The molecular weight excluding hydrogens is 500 g/mol. The van der Waals surface area contributed by atoms with Gasteiger partial charge in [0.1, 0.15) is 5.82 Å². The maximum atomic E-state index is 5.93. The average Bonchev–Trinajstić information content (AvgIpc) is 3.00. The molecule has 0 radical (unpaired) electrons. The van der Waals surface area contributed by atoms with Crippen molar-refractivity contribution in [3.63, 3.8) is 0 Å². The van der Waals surface area contributed by atoms with Gasteiger partial charge < -0.3 is 16.0 Å². The van der Waals surface area contributed by atoms with Crippen LogP contribution in [-0.4, -0.2) is 37.8 Å². The first-order valence-corrected chi connectivity index (χ1v) is 14.7. The van der Waals surface area contributed by atoms with E-state index in [9.17, 15) is 0 Å². The van der Waals surface area contributed by atoms with Crippen LogP contribution in [0.15, 0.2) is 121 Å². The van der Waals surface area contributed by atoms with Crippen LogP contribution in [0.4, 0.5) is 0 Å². The standard InChI is InChI=1S/C19H26N2.C16H20N2.C2H6/c1-20-13-6-14-21(2)16-19-11-9-18(10-12-19)15-17-7-4-3-5-8-17;1-5-9-15(18-16(17)12(3)6-2)14-11-8-7-10-13(14)4;1-2/h3-5,7-12,20H,6,13-16H2,1-2H3;5-8,10-11H,1-2,9,17H2,3-4H3;1-2H3/b;16-12+,18-15+;. The Balaban J connectivity index is 0.000000391. The maximum Gasteiger partial charge on any atom is 0.126 e. The quantitative estimate of drug-likeness (QED) is 0.0975. The van der Waals surface area contributed by atoms with Gasteiger partial charge in [0.25, 0.3) is 0 Å². The van der Waals surface area contributed by atoms with Gasteiger partial charge in [0.15, 0.2) is 0 Å². The van der Waals surface area contributed by atoms with Gasteiger partial charge in [-0.05, 0) is 87.3 Å². The molecule has 4 nitrogen and oxygen atoms in total. The molecule has 41 heavy (non-hydrogen) atoms. The second-order valence-corrected chi connectivity index (χ2v) is 9.81. The molecule has 0 aromatic heterocycles. The Hall–Kier alpha value is -3.73. The molecule has 0 aliphatic carbocycles. The molecule has 3 N–H and O–H groups in total. The van der Waals surface area contributed by atoms with Crippen molar-refractivity contribution in [2.24, 2.45) is 10.7 Å². The molecular formula is C37H52N4. The van der Waals surface area contributed by atoms with E-state index in [1.165, 1.54) is 28.7 Å². The van der Waals surface area contributed by atoms with E-state index < -0.39 is 0 Å². The highest BCUT2D eigenvalue weighted by molar-refractivity contribution is 6.03. The molecule has 0 saturated heterocycles. The number of allylic oxidation sites excluding steroid dienone is 3. The molecule has 0 atom stereocenters. The predicted molar refractivity (Wildman–Crippen MR) is 182 cm³/mol. The minimum absolute atomic E-state index is 0.505. The summed E-state index contributed by atoms with van der Waals surface area (Å²) in [5, 5.41) is 3.19. The van der Waals surface area contributed by atoms with E-state index in [2.05, 4.69) is 103 Å². The van der Waals surface area contributed by atoms with Crippen molar-refractivity contribution in [3.05, 3.63) is 143 Å². The van der Waals surface area contributed by atoms with Crippen molar-refractivity contribution in [2.75, 3.05) is 27.2 Å². The van der Waals surface area contributed by atoms with E-state index in [1.54, 1.807) is 6.08 Å². The van der Waals surface area contributed by atoms with Gasteiger partial charge in [-0.3, -0.25) is 0 Å². The Bertz CT molecular complexity index is 1210. The van der Waals surface area contributed by atoms with Crippen LogP contribution in [0.3, 0.4) is 0 Å². The van der Waals surface area contributed by atoms with Crippen molar-refractivity contribution in [2.45, 2.75) is 53.5 Å². The van der Waals surface area contributed by atoms with Gasteiger partial charge in [-0.2, -0.15) is 0 Å². The Morgan fingerprint density at radius 3 is 2.07 bits per heavy atom. The number of nitrogens with two attached hydrogens (primary N) is 1. The predicted octanol–water partition coefficient (Wildman–Crippen LogP) is 8.08. The highest BCUT2D eigenvalue weighted by atomic mass is 15.1. The second kappa shape index (κ2) is 21.1. The normalized spacial score (nSPS) is 11.4. The smallest absolute Gasteiger partial charge is 0.126 e. The topological polar surface area (TPSA) is 53.6 Å². The molecule has 4 heteroatoms. The minimum Gasteiger partial charge on any atom is -0.383 e. The van der Waals surface area contributed by atoms with E-state index in [1.807, 2.05) is 52.1 Å². The fourth-order valence-corrected chi connectivity index (χ4v) is 4.10. The number of aryl methyl sites for hydroxylation is 1. The molecule has 0 aliphatic rings. The van der Waals surface area contributed by atoms with E-state index in [-0.39, 0.29) is 0 Å². The Kier molecular flexibility index (Phi) is 18.1. The fourth-order valence-electron chi connectivity index (χ4n) is 4.10.